The Hall–Kier alpha value is -0.520. The van der Waals surface area contributed by atoms with E-state index in [-0.39, 0.29) is 0 Å². The molecule has 2 heteroatoms. The summed E-state index contributed by atoms with van der Waals surface area (Å²) >= 11 is 0. The van der Waals surface area contributed by atoms with Crippen molar-refractivity contribution in [3.8, 4) is 11.8 Å². The van der Waals surface area contributed by atoms with Crippen molar-refractivity contribution in [3.63, 3.8) is 0 Å². The normalized spacial score (nSPS) is 25.8. The number of rotatable bonds is 1. The van der Waals surface area contributed by atoms with Gasteiger partial charge < -0.3 is 10.0 Å². The van der Waals surface area contributed by atoms with Gasteiger partial charge in [-0.25, -0.2) is 0 Å². The molecule has 2 N–H and O–H groups in total. The average Bonchev–Trinajstić information content (AvgIpc) is 2.31. The molecule has 0 aromatic heterocycles. The molecule has 0 aromatic carbocycles. The minimum Gasteiger partial charge on any atom is -0.378 e. The van der Waals surface area contributed by atoms with Gasteiger partial charge in [-0.05, 0) is 50.9 Å². The lowest BCUT2D eigenvalue weighted by atomic mass is 9.85. The Bertz CT molecular complexity index is 264. The van der Waals surface area contributed by atoms with Gasteiger partial charge in [0.15, 0.2) is 0 Å². The predicted octanol–water partition coefficient (Wildman–Crippen LogP) is 0.754. The Morgan fingerprint density at radius 3 is 2.25 bits per heavy atom. The standard InChI is InChI=1S/C14H23NO/c16-14(8-3-1-4-9-14)10-7-13-15-11-5-2-6-12-15/h16H,1-6,8-9,11-13H2/p+1. The number of hydrogen-bond acceptors (Lipinski definition) is 1. The van der Waals surface area contributed by atoms with Crippen LogP contribution in [0.25, 0.3) is 0 Å². The van der Waals surface area contributed by atoms with Gasteiger partial charge in [-0.3, -0.25) is 0 Å². The SMILES string of the molecule is OC1(C#CC[NH+]2CCCCC2)CCCCC1. The molecule has 1 aliphatic carbocycles. The van der Waals surface area contributed by atoms with Gasteiger partial charge >= 0.3 is 0 Å². The van der Waals surface area contributed by atoms with Crippen molar-refractivity contribution < 1.29 is 10.0 Å². The Labute approximate surface area is 99.0 Å². The van der Waals surface area contributed by atoms with Crippen molar-refractivity contribution in [1.29, 1.82) is 0 Å². The van der Waals surface area contributed by atoms with Gasteiger partial charge in [0.1, 0.15) is 12.1 Å². The highest BCUT2D eigenvalue weighted by Gasteiger charge is 2.26. The first-order valence-corrected chi connectivity index (χ1v) is 6.84. The summed E-state index contributed by atoms with van der Waals surface area (Å²) in [6.07, 6.45) is 9.40. The minimum atomic E-state index is -0.645. The van der Waals surface area contributed by atoms with Gasteiger partial charge in [0.25, 0.3) is 0 Å². The van der Waals surface area contributed by atoms with Crippen molar-refractivity contribution in [2.45, 2.75) is 57.0 Å². The highest BCUT2D eigenvalue weighted by atomic mass is 16.3. The van der Waals surface area contributed by atoms with Gasteiger partial charge in [0.2, 0.25) is 0 Å². The van der Waals surface area contributed by atoms with Crippen LogP contribution in [0.3, 0.4) is 0 Å². The first-order valence-electron chi connectivity index (χ1n) is 6.84. The number of hydrogen-bond donors (Lipinski definition) is 2. The van der Waals surface area contributed by atoms with Gasteiger partial charge in [0.05, 0.1) is 13.1 Å². The number of piperidine rings is 1. The molecule has 0 amide bonds. The monoisotopic (exact) mass is 222 g/mol. The van der Waals surface area contributed by atoms with E-state index >= 15 is 0 Å². The highest BCUT2D eigenvalue weighted by molar-refractivity contribution is 5.14. The minimum absolute atomic E-state index is 0.645. The molecule has 0 radical (unpaired) electrons. The van der Waals surface area contributed by atoms with Crippen LogP contribution in [-0.4, -0.2) is 30.3 Å². The molecule has 0 unspecified atom stereocenters. The fourth-order valence-corrected chi connectivity index (χ4v) is 2.82. The maximum absolute atomic E-state index is 10.2. The summed E-state index contributed by atoms with van der Waals surface area (Å²) in [7, 11) is 0. The molecule has 1 heterocycles. The van der Waals surface area contributed by atoms with E-state index in [0.717, 1.165) is 32.2 Å². The van der Waals surface area contributed by atoms with Crippen LogP contribution in [0.2, 0.25) is 0 Å². The van der Waals surface area contributed by atoms with Crippen molar-refractivity contribution in [3.05, 3.63) is 0 Å². The molecule has 0 aromatic rings. The van der Waals surface area contributed by atoms with E-state index < -0.39 is 5.60 Å². The predicted molar refractivity (Wildman–Crippen MR) is 65.2 cm³/mol. The summed E-state index contributed by atoms with van der Waals surface area (Å²) in [5, 5.41) is 10.2. The Kier molecular flexibility index (Phi) is 4.26. The quantitative estimate of drug-likeness (QED) is 0.629. The van der Waals surface area contributed by atoms with E-state index in [4.69, 9.17) is 0 Å². The van der Waals surface area contributed by atoms with Crippen LogP contribution in [0.4, 0.5) is 0 Å². The summed E-state index contributed by atoms with van der Waals surface area (Å²) in [4.78, 5) is 1.61. The van der Waals surface area contributed by atoms with Crippen molar-refractivity contribution in [2.24, 2.45) is 0 Å². The van der Waals surface area contributed by atoms with Crippen LogP contribution in [-0.2, 0) is 0 Å². The summed E-state index contributed by atoms with van der Waals surface area (Å²) in [5.74, 6) is 6.36. The van der Waals surface area contributed by atoms with Crippen LogP contribution >= 0.6 is 0 Å². The van der Waals surface area contributed by atoms with Gasteiger partial charge in [-0.15, -0.1) is 0 Å². The van der Waals surface area contributed by atoms with E-state index in [2.05, 4.69) is 11.8 Å². The number of aliphatic hydroxyl groups is 1. The fourth-order valence-electron chi connectivity index (χ4n) is 2.82. The number of likely N-dealkylation sites (tertiary alicyclic amines) is 1. The highest BCUT2D eigenvalue weighted by Crippen LogP contribution is 2.26. The molecule has 0 bridgehead atoms. The molecule has 1 aliphatic heterocycles. The lowest BCUT2D eigenvalue weighted by molar-refractivity contribution is -0.897. The Morgan fingerprint density at radius 1 is 0.938 bits per heavy atom. The van der Waals surface area contributed by atoms with Crippen molar-refractivity contribution >= 4 is 0 Å². The molecular weight excluding hydrogens is 198 g/mol. The molecule has 0 atom stereocenters. The molecule has 2 rings (SSSR count). The number of quaternary nitrogens is 1. The third-order valence-electron chi connectivity index (χ3n) is 3.90. The molecule has 0 spiro atoms. The largest absolute Gasteiger partial charge is 0.378 e. The maximum atomic E-state index is 10.2. The Balaban J connectivity index is 1.79. The van der Waals surface area contributed by atoms with Gasteiger partial charge in [-0.2, -0.15) is 0 Å². The molecule has 90 valence electrons. The molecule has 1 saturated carbocycles. The molecule has 2 fully saturated rings. The van der Waals surface area contributed by atoms with Crippen LogP contribution < -0.4 is 4.90 Å². The zero-order valence-electron chi connectivity index (χ0n) is 10.2. The fraction of sp³-hybridized carbons (Fsp3) is 0.857. The van der Waals surface area contributed by atoms with E-state index in [0.29, 0.717) is 0 Å². The number of nitrogens with one attached hydrogen (secondary N) is 1. The second-order valence-corrected chi connectivity index (χ2v) is 5.38. The third-order valence-corrected chi connectivity index (χ3v) is 3.90. The molecule has 16 heavy (non-hydrogen) atoms. The van der Waals surface area contributed by atoms with Crippen LogP contribution in [0.15, 0.2) is 0 Å². The van der Waals surface area contributed by atoms with E-state index in [9.17, 15) is 5.11 Å². The Morgan fingerprint density at radius 2 is 1.56 bits per heavy atom. The van der Waals surface area contributed by atoms with Gasteiger partial charge in [-0.1, -0.05) is 12.3 Å². The van der Waals surface area contributed by atoms with Crippen LogP contribution in [0, 0.1) is 11.8 Å². The molecule has 2 aliphatic rings. The van der Waals surface area contributed by atoms with Gasteiger partial charge in [0, 0.05) is 0 Å². The summed E-state index contributed by atoms with van der Waals surface area (Å²) in [5.41, 5.74) is -0.645. The first kappa shape index (κ1) is 12.0. The second kappa shape index (κ2) is 5.70. The van der Waals surface area contributed by atoms with Crippen LogP contribution in [0.5, 0.6) is 0 Å². The van der Waals surface area contributed by atoms with E-state index in [1.807, 2.05) is 0 Å². The van der Waals surface area contributed by atoms with E-state index in [1.165, 1.54) is 38.8 Å². The lowest BCUT2D eigenvalue weighted by Gasteiger charge is -2.26. The van der Waals surface area contributed by atoms with Crippen molar-refractivity contribution in [2.75, 3.05) is 19.6 Å². The summed E-state index contributed by atoms with van der Waals surface area (Å²) in [6.45, 7) is 3.47. The van der Waals surface area contributed by atoms with Crippen molar-refractivity contribution in [1.82, 2.24) is 0 Å². The molecule has 1 saturated heterocycles. The topological polar surface area (TPSA) is 24.7 Å². The summed E-state index contributed by atoms with van der Waals surface area (Å²) in [6, 6.07) is 0. The smallest absolute Gasteiger partial charge is 0.139 e. The maximum Gasteiger partial charge on any atom is 0.139 e. The average molecular weight is 222 g/mol. The second-order valence-electron chi connectivity index (χ2n) is 5.38. The third kappa shape index (κ3) is 3.50. The first-order chi connectivity index (χ1) is 7.79. The van der Waals surface area contributed by atoms with Crippen LogP contribution in [0.1, 0.15) is 51.4 Å². The van der Waals surface area contributed by atoms with E-state index in [1.54, 1.807) is 4.90 Å². The zero-order valence-corrected chi connectivity index (χ0v) is 10.2. The molecular formula is C14H24NO+. The zero-order chi connectivity index (χ0) is 11.3. The lowest BCUT2D eigenvalue weighted by Crippen LogP contribution is -3.12. The molecule has 2 nitrogen and oxygen atoms in total. The summed E-state index contributed by atoms with van der Waals surface area (Å²) < 4.78 is 0.